The highest BCUT2D eigenvalue weighted by Gasteiger charge is 2.05. The van der Waals surface area contributed by atoms with Crippen molar-refractivity contribution in [2.75, 3.05) is 5.32 Å². The molecule has 0 amide bonds. The van der Waals surface area contributed by atoms with Crippen molar-refractivity contribution in [1.29, 1.82) is 5.26 Å². The second kappa shape index (κ2) is 5.40. The number of hydrogen-bond acceptors (Lipinski definition) is 2. The minimum atomic E-state index is 0.646. The van der Waals surface area contributed by atoms with Crippen LogP contribution in [0.2, 0.25) is 0 Å². The van der Waals surface area contributed by atoms with Gasteiger partial charge >= 0.3 is 0 Å². The fourth-order valence-corrected chi connectivity index (χ4v) is 2.59. The third-order valence-electron chi connectivity index (χ3n) is 3.25. The topological polar surface area (TPSA) is 51.6 Å². The minimum Gasteiger partial charge on any atom is -0.380 e. The molecule has 0 saturated carbocycles. The van der Waals surface area contributed by atoms with Gasteiger partial charge in [0, 0.05) is 28.1 Å². The molecule has 4 heteroatoms. The fourth-order valence-electron chi connectivity index (χ4n) is 2.23. The molecule has 1 aromatic heterocycles. The highest BCUT2D eigenvalue weighted by atomic mass is 79.9. The summed E-state index contributed by atoms with van der Waals surface area (Å²) in [5.41, 5.74) is 3.80. The third kappa shape index (κ3) is 2.40. The predicted molar refractivity (Wildman–Crippen MR) is 84.5 cm³/mol. The molecule has 3 rings (SSSR count). The van der Waals surface area contributed by atoms with E-state index in [4.69, 9.17) is 5.26 Å². The number of rotatable bonds is 3. The van der Waals surface area contributed by atoms with Crippen molar-refractivity contribution >= 4 is 32.5 Å². The summed E-state index contributed by atoms with van der Waals surface area (Å²) in [4.78, 5) is 3.25. The molecular weight excluding hydrogens is 314 g/mol. The minimum absolute atomic E-state index is 0.646. The fraction of sp³-hybridized carbons (Fsp3) is 0.0625. The second-order valence-corrected chi connectivity index (χ2v) is 5.43. The Kier molecular flexibility index (Phi) is 3.44. The Hall–Kier alpha value is -2.25. The van der Waals surface area contributed by atoms with E-state index in [1.807, 2.05) is 36.5 Å². The van der Waals surface area contributed by atoms with Crippen LogP contribution in [0.15, 0.2) is 53.1 Å². The molecule has 0 bridgehead atoms. The molecule has 1 heterocycles. The number of nitrogens with one attached hydrogen (secondary N) is 2. The van der Waals surface area contributed by atoms with Gasteiger partial charge in [-0.3, -0.25) is 0 Å². The molecular formula is C16H12BrN3. The van der Waals surface area contributed by atoms with Crippen LogP contribution in [0.5, 0.6) is 0 Å². The van der Waals surface area contributed by atoms with Crippen molar-refractivity contribution in [3.63, 3.8) is 0 Å². The highest BCUT2D eigenvalue weighted by molar-refractivity contribution is 9.10. The van der Waals surface area contributed by atoms with Gasteiger partial charge in [-0.1, -0.05) is 34.1 Å². The molecule has 0 atom stereocenters. The van der Waals surface area contributed by atoms with Crippen LogP contribution >= 0.6 is 15.9 Å². The molecule has 0 aliphatic heterocycles. The maximum absolute atomic E-state index is 9.13. The molecule has 0 spiro atoms. The Bertz CT molecular complexity index is 799. The van der Waals surface area contributed by atoms with Crippen LogP contribution in [0.4, 0.5) is 5.69 Å². The van der Waals surface area contributed by atoms with Gasteiger partial charge in [-0.25, -0.2) is 0 Å². The maximum Gasteiger partial charge on any atom is 0.101 e. The zero-order chi connectivity index (χ0) is 13.9. The van der Waals surface area contributed by atoms with E-state index in [-0.39, 0.29) is 0 Å². The summed E-state index contributed by atoms with van der Waals surface area (Å²) in [6.45, 7) is 0.676. The summed E-state index contributed by atoms with van der Waals surface area (Å²) in [5, 5.41) is 13.7. The van der Waals surface area contributed by atoms with E-state index in [1.54, 1.807) is 0 Å². The quantitative estimate of drug-likeness (QED) is 0.749. The zero-order valence-corrected chi connectivity index (χ0v) is 12.2. The van der Waals surface area contributed by atoms with Gasteiger partial charge in [-0.2, -0.15) is 5.26 Å². The van der Waals surface area contributed by atoms with Gasteiger partial charge < -0.3 is 10.3 Å². The lowest BCUT2D eigenvalue weighted by Crippen LogP contribution is -2.00. The van der Waals surface area contributed by atoms with Crippen molar-refractivity contribution in [2.24, 2.45) is 0 Å². The van der Waals surface area contributed by atoms with Gasteiger partial charge in [0.2, 0.25) is 0 Å². The number of aromatic amines is 1. The SMILES string of the molecule is N#Cc1ccc(Br)cc1NCc1c[nH]c2ccccc12. The number of H-pyrrole nitrogens is 1. The van der Waals surface area contributed by atoms with Gasteiger partial charge in [-0.15, -0.1) is 0 Å². The Balaban J connectivity index is 1.87. The number of hydrogen-bond donors (Lipinski definition) is 2. The van der Waals surface area contributed by atoms with Crippen LogP contribution in [0.3, 0.4) is 0 Å². The van der Waals surface area contributed by atoms with E-state index in [0.717, 1.165) is 15.7 Å². The predicted octanol–water partition coefficient (Wildman–Crippen LogP) is 4.41. The van der Waals surface area contributed by atoms with Crippen LogP contribution in [-0.4, -0.2) is 4.98 Å². The normalized spacial score (nSPS) is 10.4. The monoisotopic (exact) mass is 325 g/mol. The number of nitriles is 1. The first-order chi connectivity index (χ1) is 9.78. The van der Waals surface area contributed by atoms with Crippen molar-refractivity contribution in [2.45, 2.75) is 6.54 Å². The third-order valence-corrected chi connectivity index (χ3v) is 3.74. The molecule has 3 aromatic rings. The summed E-state index contributed by atoms with van der Waals surface area (Å²) < 4.78 is 0.956. The number of para-hydroxylation sites is 1. The van der Waals surface area contributed by atoms with Gasteiger partial charge in [0.25, 0.3) is 0 Å². The summed E-state index contributed by atoms with van der Waals surface area (Å²) >= 11 is 3.43. The van der Waals surface area contributed by atoms with Crippen LogP contribution in [0.1, 0.15) is 11.1 Å². The average Bonchev–Trinajstić information content (AvgIpc) is 2.88. The number of benzene rings is 2. The molecule has 0 aliphatic carbocycles. The maximum atomic E-state index is 9.13. The van der Waals surface area contributed by atoms with E-state index in [0.29, 0.717) is 12.1 Å². The number of aromatic nitrogens is 1. The van der Waals surface area contributed by atoms with E-state index >= 15 is 0 Å². The molecule has 3 nitrogen and oxygen atoms in total. The Morgan fingerprint density at radius 3 is 2.90 bits per heavy atom. The van der Waals surface area contributed by atoms with Crippen molar-refractivity contribution in [3.8, 4) is 6.07 Å². The highest BCUT2D eigenvalue weighted by Crippen LogP contribution is 2.23. The molecule has 0 saturated heterocycles. The number of nitrogens with zero attached hydrogens (tertiary/aromatic N) is 1. The molecule has 20 heavy (non-hydrogen) atoms. The van der Waals surface area contributed by atoms with E-state index in [2.05, 4.69) is 44.4 Å². The summed E-state index contributed by atoms with van der Waals surface area (Å²) in [7, 11) is 0. The lowest BCUT2D eigenvalue weighted by molar-refractivity contribution is 1.16. The number of fused-ring (bicyclic) bond motifs is 1. The van der Waals surface area contributed by atoms with Crippen molar-refractivity contribution < 1.29 is 0 Å². The first-order valence-corrected chi connectivity index (χ1v) is 7.06. The van der Waals surface area contributed by atoms with Gasteiger partial charge in [0.05, 0.1) is 11.3 Å². The molecule has 0 fully saturated rings. The number of anilines is 1. The van der Waals surface area contributed by atoms with E-state index in [1.165, 1.54) is 10.9 Å². The van der Waals surface area contributed by atoms with E-state index in [9.17, 15) is 0 Å². The van der Waals surface area contributed by atoms with Crippen LogP contribution in [0.25, 0.3) is 10.9 Å². The molecule has 2 N–H and O–H groups in total. The van der Waals surface area contributed by atoms with Crippen LogP contribution < -0.4 is 5.32 Å². The zero-order valence-electron chi connectivity index (χ0n) is 10.7. The van der Waals surface area contributed by atoms with Crippen LogP contribution in [0, 0.1) is 11.3 Å². The first-order valence-electron chi connectivity index (χ1n) is 6.26. The van der Waals surface area contributed by atoms with E-state index < -0.39 is 0 Å². The molecule has 0 radical (unpaired) electrons. The van der Waals surface area contributed by atoms with Crippen molar-refractivity contribution in [3.05, 3.63) is 64.3 Å². The Morgan fingerprint density at radius 2 is 2.05 bits per heavy atom. The van der Waals surface area contributed by atoms with Gasteiger partial charge in [0.1, 0.15) is 6.07 Å². The lowest BCUT2D eigenvalue weighted by atomic mass is 10.1. The lowest BCUT2D eigenvalue weighted by Gasteiger charge is -2.08. The Labute approximate surface area is 125 Å². The molecule has 0 unspecified atom stereocenters. The smallest absolute Gasteiger partial charge is 0.101 e. The Morgan fingerprint density at radius 1 is 1.20 bits per heavy atom. The van der Waals surface area contributed by atoms with Crippen molar-refractivity contribution in [1.82, 2.24) is 4.98 Å². The summed E-state index contributed by atoms with van der Waals surface area (Å²) in [5.74, 6) is 0. The second-order valence-electron chi connectivity index (χ2n) is 4.51. The van der Waals surface area contributed by atoms with Crippen LogP contribution in [-0.2, 0) is 6.54 Å². The molecule has 98 valence electrons. The standard InChI is InChI=1S/C16H12BrN3/c17-13-6-5-11(8-18)16(7-13)20-10-12-9-19-15-4-2-1-3-14(12)15/h1-7,9,19-20H,10H2. The summed E-state index contributed by atoms with van der Waals surface area (Å²) in [6, 6.07) is 16.0. The van der Waals surface area contributed by atoms with Gasteiger partial charge in [0.15, 0.2) is 0 Å². The van der Waals surface area contributed by atoms with Gasteiger partial charge in [-0.05, 0) is 29.8 Å². The largest absolute Gasteiger partial charge is 0.380 e. The summed E-state index contributed by atoms with van der Waals surface area (Å²) in [6.07, 6.45) is 2.00. The average molecular weight is 326 g/mol. The first kappa shape index (κ1) is 12.8. The molecule has 0 aliphatic rings. The number of halogens is 1. The molecule has 2 aromatic carbocycles.